The summed E-state index contributed by atoms with van der Waals surface area (Å²) in [4.78, 5) is 12.1. The molecule has 5 nitrogen and oxygen atoms in total. The third-order valence-electron chi connectivity index (χ3n) is 2.90. The van der Waals surface area contributed by atoms with Gasteiger partial charge in [0.2, 0.25) is 0 Å². The summed E-state index contributed by atoms with van der Waals surface area (Å²) >= 11 is 0. The van der Waals surface area contributed by atoms with Crippen LogP contribution in [-0.4, -0.2) is 28.3 Å². The molecule has 0 aliphatic heterocycles. The molecule has 0 fully saturated rings. The molecule has 20 heavy (non-hydrogen) atoms. The molecule has 0 aliphatic carbocycles. The summed E-state index contributed by atoms with van der Waals surface area (Å²) in [6.45, 7) is 4.11. The Kier molecular flexibility index (Phi) is 5.73. The van der Waals surface area contributed by atoms with Crippen molar-refractivity contribution in [2.24, 2.45) is 5.73 Å². The van der Waals surface area contributed by atoms with Crippen LogP contribution in [0.4, 0.5) is 0 Å². The van der Waals surface area contributed by atoms with Crippen LogP contribution in [0.2, 0.25) is 0 Å². The minimum atomic E-state index is -0.141. The average Bonchev–Trinajstić information content (AvgIpc) is 2.81. The highest BCUT2D eigenvalue weighted by Crippen LogP contribution is 2.11. The van der Waals surface area contributed by atoms with Crippen molar-refractivity contribution >= 4 is 18.3 Å². The molecule has 2 rings (SSSR count). The van der Waals surface area contributed by atoms with Crippen LogP contribution in [0.15, 0.2) is 36.5 Å². The van der Waals surface area contributed by atoms with Gasteiger partial charge in [0.15, 0.2) is 0 Å². The fourth-order valence-corrected chi connectivity index (χ4v) is 1.76. The van der Waals surface area contributed by atoms with Gasteiger partial charge in [0.1, 0.15) is 0 Å². The van der Waals surface area contributed by atoms with Crippen molar-refractivity contribution in [2.75, 3.05) is 6.54 Å². The van der Waals surface area contributed by atoms with Gasteiger partial charge in [-0.15, -0.1) is 12.4 Å². The zero-order valence-electron chi connectivity index (χ0n) is 11.5. The molecule has 0 saturated heterocycles. The third-order valence-corrected chi connectivity index (χ3v) is 2.90. The molecule has 1 aromatic heterocycles. The molecule has 0 bridgehead atoms. The molecule has 108 valence electrons. The smallest absolute Gasteiger partial charge is 0.255 e. The molecule has 1 atom stereocenters. The van der Waals surface area contributed by atoms with Gasteiger partial charge in [-0.1, -0.05) is 18.2 Å². The topological polar surface area (TPSA) is 72.9 Å². The number of hydrogen-bond donors (Lipinski definition) is 2. The Morgan fingerprint density at radius 2 is 2.05 bits per heavy atom. The zero-order valence-corrected chi connectivity index (χ0v) is 12.4. The van der Waals surface area contributed by atoms with Crippen molar-refractivity contribution in [3.8, 4) is 5.69 Å². The average molecular weight is 295 g/mol. The monoisotopic (exact) mass is 294 g/mol. The maximum Gasteiger partial charge on any atom is 0.255 e. The SMILES string of the molecule is Cc1nn(-c2ccccc2)cc1C(=O)N[C@@H](C)CN.Cl. The number of benzene rings is 1. The van der Waals surface area contributed by atoms with Gasteiger partial charge in [-0.3, -0.25) is 4.79 Å². The second-order valence-corrected chi connectivity index (χ2v) is 4.52. The van der Waals surface area contributed by atoms with Gasteiger partial charge in [0.05, 0.1) is 16.9 Å². The van der Waals surface area contributed by atoms with Gasteiger partial charge in [-0.05, 0) is 26.0 Å². The van der Waals surface area contributed by atoms with Crippen molar-refractivity contribution in [2.45, 2.75) is 19.9 Å². The first-order chi connectivity index (χ1) is 9.11. The van der Waals surface area contributed by atoms with Gasteiger partial charge in [-0.25, -0.2) is 4.68 Å². The Bertz CT molecular complexity index is 568. The number of carbonyl (C=O) groups excluding carboxylic acids is 1. The van der Waals surface area contributed by atoms with E-state index in [1.807, 2.05) is 44.2 Å². The summed E-state index contributed by atoms with van der Waals surface area (Å²) in [6, 6.07) is 9.64. The van der Waals surface area contributed by atoms with Crippen LogP contribution in [-0.2, 0) is 0 Å². The molecule has 3 N–H and O–H groups in total. The lowest BCUT2D eigenvalue weighted by molar-refractivity contribution is 0.0940. The Labute approximate surface area is 124 Å². The largest absolute Gasteiger partial charge is 0.348 e. The van der Waals surface area contributed by atoms with Crippen LogP contribution in [0.25, 0.3) is 5.69 Å². The van der Waals surface area contributed by atoms with E-state index >= 15 is 0 Å². The fraction of sp³-hybridized carbons (Fsp3) is 0.286. The van der Waals surface area contributed by atoms with E-state index in [2.05, 4.69) is 10.4 Å². The number of hydrogen-bond acceptors (Lipinski definition) is 3. The second-order valence-electron chi connectivity index (χ2n) is 4.52. The first-order valence-corrected chi connectivity index (χ1v) is 6.24. The van der Waals surface area contributed by atoms with E-state index in [9.17, 15) is 4.79 Å². The summed E-state index contributed by atoms with van der Waals surface area (Å²) in [5.41, 5.74) is 7.70. The van der Waals surface area contributed by atoms with Gasteiger partial charge < -0.3 is 11.1 Å². The highest BCUT2D eigenvalue weighted by molar-refractivity contribution is 5.95. The van der Waals surface area contributed by atoms with Crippen LogP contribution in [0, 0.1) is 6.92 Å². The number of nitrogens with one attached hydrogen (secondary N) is 1. The van der Waals surface area contributed by atoms with Gasteiger partial charge in [-0.2, -0.15) is 5.10 Å². The lowest BCUT2D eigenvalue weighted by Crippen LogP contribution is -2.37. The van der Waals surface area contributed by atoms with Gasteiger partial charge >= 0.3 is 0 Å². The zero-order chi connectivity index (χ0) is 13.8. The quantitative estimate of drug-likeness (QED) is 0.901. The Morgan fingerprint density at radius 1 is 1.40 bits per heavy atom. The molecule has 0 spiro atoms. The number of para-hydroxylation sites is 1. The highest BCUT2D eigenvalue weighted by atomic mass is 35.5. The standard InChI is InChI=1S/C14H18N4O.ClH/c1-10(8-15)16-14(19)13-9-18(17-11(13)2)12-6-4-3-5-7-12;/h3-7,9-10H,8,15H2,1-2H3,(H,16,19);1H/t10-;/m0./s1. The number of nitrogens with two attached hydrogens (primary N) is 1. The molecule has 2 aromatic rings. The van der Waals surface area contributed by atoms with Crippen molar-refractivity contribution in [1.29, 1.82) is 0 Å². The predicted molar refractivity (Wildman–Crippen MR) is 81.5 cm³/mol. The molecule has 0 radical (unpaired) electrons. The van der Waals surface area contributed by atoms with E-state index in [-0.39, 0.29) is 24.4 Å². The maximum absolute atomic E-state index is 12.1. The Hall–Kier alpha value is -1.85. The molecule has 0 aliphatic rings. The molecular weight excluding hydrogens is 276 g/mol. The van der Waals surface area contributed by atoms with E-state index in [0.29, 0.717) is 17.8 Å². The summed E-state index contributed by atoms with van der Waals surface area (Å²) < 4.78 is 1.71. The van der Waals surface area contributed by atoms with E-state index in [4.69, 9.17) is 5.73 Å². The Morgan fingerprint density at radius 3 is 2.65 bits per heavy atom. The lowest BCUT2D eigenvalue weighted by atomic mass is 10.2. The van der Waals surface area contributed by atoms with Crippen molar-refractivity contribution < 1.29 is 4.79 Å². The number of carbonyl (C=O) groups is 1. The first kappa shape index (κ1) is 16.2. The number of aryl methyl sites for hydroxylation is 1. The fourth-order valence-electron chi connectivity index (χ4n) is 1.76. The number of aromatic nitrogens is 2. The van der Waals surface area contributed by atoms with Crippen LogP contribution < -0.4 is 11.1 Å². The molecular formula is C14H19ClN4O. The van der Waals surface area contributed by atoms with Crippen LogP contribution >= 0.6 is 12.4 Å². The Balaban J connectivity index is 0.00000200. The first-order valence-electron chi connectivity index (χ1n) is 6.24. The second kappa shape index (κ2) is 7.07. The van der Waals surface area contributed by atoms with Crippen molar-refractivity contribution in [3.05, 3.63) is 47.8 Å². The van der Waals surface area contributed by atoms with Gasteiger partial charge in [0, 0.05) is 18.8 Å². The molecule has 1 aromatic carbocycles. The number of rotatable bonds is 4. The van der Waals surface area contributed by atoms with E-state index in [1.54, 1.807) is 10.9 Å². The minimum Gasteiger partial charge on any atom is -0.348 e. The predicted octanol–water partition coefficient (Wildman–Crippen LogP) is 1.68. The van der Waals surface area contributed by atoms with Crippen LogP contribution in [0.5, 0.6) is 0 Å². The normalized spacial score (nSPS) is 11.6. The van der Waals surface area contributed by atoms with E-state index in [1.165, 1.54) is 0 Å². The van der Waals surface area contributed by atoms with Gasteiger partial charge in [0.25, 0.3) is 5.91 Å². The third kappa shape index (κ3) is 3.59. The highest BCUT2D eigenvalue weighted by Gasteiger charge is 2.15. The maximum atomic E-state index is 12.1. The molecule has 1 heterocycles. The number of halogens is 1. The van der Waals surface area contributed by atoms with E-state index in [0.717, 1.165) is 5.69 Å². The van der Waals surface area contributed by atoms with Crippen molar-refractivity contribution in [1.82, 2.24) is 15.1 Å². The summed E-state index contributed by atoms with van der Waals surface area (Å²) in [5.74, 6) is -0.141. The molecule has 6 heteroatoms. The summed E-state index contributed by atoms with van der Waals surface area (Å²) in [5, 5.41) is 7.19. The van der Waals surface area contributed by atoms with E-state index < -0.39 is 0 Å². The lowest BCUT2D eigenvalue weighted by Gasteiger charge is -2.10. The summed E-state index contributed by atoms with van der Waals surface area (Å²) in [6.07, 6.45) is 1.74. The minimum absolute atomic E-state index is 0. The molecule has 0 saturated carbocycles. The number of nitrogens with zero attached hydrogens (tertiary/aromatic N) is 2. The van der Waals surface area contributed by atoms with Crippen molar-refractivity contribution in [3.63, 3.8) is 0 Å². The molecule has 1 amide bonds. The number of amides is 1. The van der Waals surface area contributed by atoms with Crippen LogP contribution in [0.1, 0.15) is 23.0 Å². The summed E-state index contributed by atoms with van der Waals surface area (Å²) in [7, 11) is 0. The molecule has 0 unspecified atom stereocenters. The van der Waals surface area contributed by atoms with Crippen LogP contribution in [0.3, 0.4) is 0 Å².